The summed E-state index contributed by atoms with van der Waals surface area (Å²) in [6.07, 6.45) is -3.11. The summed E-state index contributed by atoms with van der Waals surface area (Å²) >= 11 is -1.81. The average Bonchev–Trinajstić information content (AvgIpc) is 2.77. The normalized spacial score (nSPS) is 14.0. The summed E-state index contributed by atoms with van der Waals surface area (Å²) in [5.74, 6) is -1.82. The molecule has 0 N–H and O–H groups in total. The number of pyridine rings is 1. The first-order chi connectivity index (χ1) is 16.1. The van der Waals surface area contributed by atoms with E-state index in [1.54, 1.807) is 6.07 Å². The molecule has 1 aliphatic heterocycles. The number of rotatable bonds is 8. The molecule has 1 aromatic heterocycles. The van der Waals surface area contributed by atoms with Crippen LogP contribution < -0.4 is 4.90 Å². The van der Waals surface area contributed by atoms with E-state index in [1.807, 2.05) is 6.07 Å². The number of nitrogens with zero attached hydrogens (tertiary/aromatic N) is 4. The molecular weight excluding hydrogens is 533 g/mol. The molecule has 13 heteroatoms. The first kappa shape index (κ1) is 25.3. The molecule has 1 radical (unpaired) electrons. The van der Waals surface area contributed by atoms with Gasteiger partial charge in [0.25, 0.3) is 0 Å². The van der Waals surface area contributed by atoms with Crippen LogP contribution in [0.3, 0.4) is 0 Å². The molecular formula is C21H16AsF2N4O5S. The molecule has 0 amide bonds. The van der Waals surface area contributed by atoms with Crippen molar-refractivity contribution in [1.82, 2.24) is 4.98 Å². The van der Waals surface area contributed by atoms with Crippen LogP contribution in [-0.2, 0) is 17.6 Å². The monoisotopic (exact) mass is 549 g/mol. The number of hydrogen-bond donors (Lipinski definition) is 0. The SMILES string of the molecule is CCOC(=O)c1cc(C#N)c(N2CC(C(=O)[As]S(=O)(=O)c3cccc(C#N)c3)C2)nc1C(F)F. The van der Waals surface area contributed by atoms with Crippen LogP contribution >= 0.6 is 0 Å². The van der Waals surface area contributed by atoms with Crippen molar-refractivity contribution < 1.29 is 31.5 Å². The Bertz CT molecular complexity index is 1330. The topological polar surface area (TPSA) is 141 Å². The van der Waals surface area contributed by atoms with Gasteiger partial charge in [-0.25, -0.2) is 0 Å². The Morgan fingerprint density at radius 2 is 1.97 bits per heavy atom. The van der Waals surface area contributed by atoms with Gasteiger partial charge in [-0.3, -0.25) is 0 Å². The van der Waals surface area contributed by atoms with Gasteiger partial charge < -0.3 is 0 Å². The molecule has 0 atom stereocenters. The number of benzene rings is 1. The van der Waals surface area contributed by atoms with E-state index in [9.17, 15) is 32.0 Å². The zero-order valence-corrected chi connectivity index (χ0v) is 20.3. The molecule has 1 fully saturated rings. The molecule has 0 saturated carbocycles. The maximum atomic E-state index is 13.5. The third-order valence-corrected chi connectivity index (χ3v) is 10.9. The Kier molecular flexibility index (Phi) is 7.65. The Morgan fingerprint density at radius 3 is 2.56 bits per heavy atom. The van der Waals surface area contributed by atoms with E-state index >= 15 is 0 Å². The summed E-state index contributed by atoms with van der Waals surface area (Å²) in [4.78, 5) is 29.7. The van der Waals surface area contributed by atoms with E-state index < -0.39 is 56.8 Å². The maximum absolute atomic E-state index is 13.5. The predicted octanol–water partition coefficient (Wildman–Crippen LogP) is 2.00. The van der Waals surface area contributed by atoms with Crippen molar-refractivity contribution in [1.29, 1.82) is 10.5 Å². The van der Waals surface area contributed by atoms with Gasteiger partial charge in [0.1, 0.15) is 0 Å². The Labute approximate surface area is 199 Å². The molecule has 34 heavy (non-hydrogen) atoms. The van der Waals surface area contributed by atoms with E-state index in [1.165, 1.54) is 36.1 Å². The Balaban J connectivity index is 1.77. The third-order valence-electron chi connectivity index (χ3n) is 4.86. The minimum atomic E-state index is -3.89. The summed E-state index contributed by atoms with van der Waals surface area (Å²) in [5.41, 5.74) is -1.34. The van der Waals surface area contributed by atoms with Crippen molar-refractivity contribution in [2.24, 2.45) is 5.92 Å². The van der Waals surface area contributed by atoms with Gasteiger partial charge in [-0.05, 0) is 0 Å². The van der Waals surface area contributed by atoms with E-state index in [0.717, 1.165) is 6.07 Å². The van der Waals surface area contributed by atoms with Gasteiger partial charge in [-0.1, -0.05) is 0 Å². The number of halogens is 2. The van der Waals surface area contributed by atoms with Gasteiger partial charge in [-0.15, -0.1) is 0 Å². The summed E-state index contributed by atoms with van der Waals surface area (Å²) < 4.78 is 56.5. The van der Waals surface area contributed by atoms with E-state index in [2.05, 4.69) is 4.98 Å². The summed E-state index contributed by atoms with van der Waals surface area (Å²) in [5, 5.41) is 18.4. The summed E-state index contributed by atoms with van der Waals surface area (Å²) in [6, 6.07) is 10.0. The van der Waals surface area contributed by atoms with E-state index in [4.69, 9.17) is 10.00 Å². The number of nitriles is 2. The Morgan fingerprint density at radius 1 is 1.26 bits per heavy atom. The van der Waals surface area contributed by atoms with Gasteiger partial charge in [0, 0.05) is 0 Å². The van der Waals surface area contributed by atoms with Crippen LogP contribution in [0.2, 0.25) is 0 Å². The standard InChI is InChI=1S/C21H16AsF2N4O5S/c1-2-33-21(30)16-7-13(9-26)20(27-17(16)19(23)24)28-10-14(11-28)18(29)22-34(31,32)15-5-3-4-12(6-15)8-25/h3-7,14,19H,2,10-11H2,1H3. The molecule has 1 aliphatic rings. The molecule has 2 aromatic rings. The number of esters is 1. The molecule has 0 unspecified atom stereocenters. The molecule has 2 heterocycles. The quantitative estimate of drug-likeness (QED) is 0.357. The molecule has 3 rings (SSSR count). The second kappa shape index (κ2) is 10.3. The van der Waals surface area contributed by atoms with Crippen LogP contribution in [0.5, 0.6) is 0 Å². The van der Waals surface area contributed by atoms with Crippen LogP contribution in [-0.4, -0.2) is 58.2 Å². The fourth-order valence-electron chi connectivity index (χ4n) is 3.16. The second-order valence-corrected chi connectivity index (χ2v) is 13.8. The van der Waals surface area contributed by atoms with Crippen LogP contribution in [0.25, 0.3) is 0 Å². The molecule has 1 aromatic carbocycles. The molecule has 0 bridgehead atoms. The number of alkyl halides is 2. The van der Waals surface area contributed by atoms with Crippen molar-refractivity contribution in [3.05, 3.63) is 52.7 Å². The average molecular weight is 549 g/mol. The third kappa shape index (κ3) is 5.24. The minimum absolute atomic E-state index is 0.00861. The summed E-state index contributed by atoms with van der Waals surface area (Å²) in [7, 11) is -3.89. The van der Waals surface area contributed by atoms with Crippen LogP contribution in [0.4, 0.5) is 14.6 Å². The first-order valence-corrected chi connectivity index (χ1v) is 14.5. The molecule has 0 aliphatic carbocycles. The van der Waals surface area contributed by atoms with Gasteiger partial charge in [0.05, 0.1) is 0 Å². The molecule has 1 saturated heterocycles. The zero-order valence-electron chi connectivity index (χ0n) is 17.6. The summed E-state index contributed by atoms with van der Waals surface area (Å²) in [6.45, 7) is 1.44. The van der Waals surface area contributed by atoms with Crippen molar-refractivity contribution >= 4 is 39.1 Å². The number of aromatic nitrogens is 1. The van der Waals surface area contributed by atoms with E-state index in [-0.39, 0.29) is 41.5 Å². The fourth-order valence-corrected chi connectivity index (χ4v) is 8.33. The van der Waals surface area contributed by atoms with Gasteiger partial charge in [0.15, 0.2) is 0 Å². The molecule has 9 nitrogen and oxygen atoms in total. The van der Waals surface area contributed by atoms with Crippen LogP contribution in [0.1, 0.15) is 40.5 Å². The van der Waals surface area contributed by atoms with Gasteiger partial charge in [0.2, 0.25) is 0 Å². The molecule has 175 valence electrons. The molecule has 0 spiro atoms. The first-order valence-electron chi connectivity index (χ1n) is 9.78. The van der Waals surface area contributed by atoms with Crippen LogP contribution in [0.15, 0.2) is 35.2 Å². The van der Waals surface area contributed by atoms with Crippen molar-refractivity contribution in [2.75, 3.05) is 24.6 Å². The van der Waals surface area contributed by atoms with Gasteiger partial charge in [-0.2, -0.15) is 0 Å². The van der Waals surface area contributed by atoms with E-state index in [0.29, 0.717) is 0 Å². The number of carbonyl (C=O) groups is 2. The number of ether oxygens (including phenoxy) is 1. The predicted molar refractivity (Wildman–Crippen MR) is 115 cm³/mol. The zero-order chi connectivity index (χ0) is 25.0. The van der Waals surface area contributed by atoms with Crippen molar-refractivity contribution in [2.45, 2.75) is 18.2 Å². The van der Waals surface area contributed by atoms with Crippen molar-refractivity contribution in [3.8, 4) is 12.1 Å². The van der Waals surface area contributed by atoms with Crippen LogP contribution in [0, 0.1) is 28.6 Å². The number of carbonyl (C=O) groups excluding carboxylic acids is 2. The second-order valence-electron chi connectivity index (χ2n) is 7.07. The number of anilines is 1. The fraction of sp³-hybridized carbons (Fsp3) is 0.286. The number of hydrogen-bond acceptors (Lipinski definition) is 9. The van der Waals surface area contributed by atoms with Gasteiger partial charge >= 0.3 is 200 Å². The van der Waals surface area contributed by atoms with Crippen molar-refractivity contribution in [3.63, 3.8) is 0 Å². The Hall–Kier alpha value is -3.34.